The van der Waals surface area contributed by atoms with E-state index in [0.29, 0.717) is 19.4 Å². The predicted molar refractivity (Wildman–Crippen MR) is 82.5 cm³/mol. The highest BCUT2D eigenvalue weighted by Crippen LogP contribution is 2.23. The zero-order chi connectivity index (χ0) is 17.1. The SMILES string of the molecule is COC(=O)[C@@H](NC(=O)[C@H]1CCCN(S(C)(=O)=O)C1)C(C)(C)C. The second kappa shape index (κ2) is 6.95. The molecule has 128 valence electrons. The van der Waals surface area contributed by atoms with Crippen LogP contribution in [0, 0.1) is 11.3 Å². The van der Waals surface area contributed by atoms with E-state index >= 15 is 0 Å². The van der Waals surface area contributed by atoms with Crippen LogP contribution in [0.25, 0.3) is 0 Å². The number of nitrogens with zero attached hydrogens (tertiary/aromatic N) is 1. The van der Waals surface area contributed by atoms with Crippen LogP contribution in [0.3, 0.4) is 0 Å². The summed E-state index contributed by atoms with van der Waals surface area (Å²) in [5.74, 6) is -1.26. The van der Waals surface area contributed by atoms with Crippen LogP contribution in [0.15, 0.2) is 0 Å². The highest BCUT2D eigenvalue weighted by molar-refractivity contribution is 7.88. The molecule has 0 aromatic heterocycles. The summed E-state index contributed by atoms with van der Waals surface area (Å²) in [4.78, 5) is 24.3. The molecule has 22 heavy (non-hydrogen) atoms. The van der Waals surface area contributed by atoms with Gasteiger partial charge in [0.2, 0.25) is 15.9 Å². The van der Waals surface area contributed by atoms with Gasteiger partial charge in [-0.2, -0.15) is 0 Å². The molecule has 0 aromatic rings. The lowest BCUT2D eigenvalue weighted by atomic mass is 9.86. The van der Waals surface area contributed by atoms with Crippen molar-refractivity contribution in [1.29, 1.82) is 0 Å². The topological polar surface area (TPSA) is 92.8 Å². The number of methoxy groups -OCH3 is 1. The summed E-state index contributed by atoms with van der Waals surface area (Å²) in [5, 5.41) is 2.71. The second-order valence-electron chi connectivity index (χ2n) is 6.79. The summed E-state index contributed by atoms with van der Waals surface area (Å²) in [6, 6.07) is -0.765. The standard InChI is InChI=1S/C14H26N2O5S/c1-14(2,3)11(13(18)21-4)15-12(17)10-7-6-8-16(9-10)22(5,19)20/h10-11H,6-9H2,1-5H3,(H,15,17)/t10-,11+/m0/s1. The van der Waals surface area contributed by atoms with Crippen LogP contribution < -0.4 is 5.32 Å². The maximum absolute atomic E-state index is 12.4. The summed E-state index contributed by atoms with van der Waals surface area (Å²) >= 11 is 0. The molecule has 1 aliphatic heterocycles. The van der Waals surface area contributed by atoms with Crippen molar-refractivity contribution < 1.29 is 22.7 Å². The highest BCUT2D eigenvalue weighted by atomic mass is 32.2. The van der Waals surface area contributed by atoms with Crippen LogP contribution in [0.2, 0.25) is 0 Å². The third kappa shape index (κ3) is 4.95. The molecule has 0 unspecified atom stereocenters. The molecule has 1 fully saturated rings. The van der Waals surface area contributed by atoms with E-state index in [4.69, 9.17) is 4.74 Å². The number of nitrogens with one attached hydrogen (secondary N) is 1. The van der Waals surface area contributed by atoms with Gasteiger partial charge in [0.05, 0.1) is 19.3 Å². The molecule has 1 N–H and O–H groups in total. The molecule has 0 bridgehead atoms. The van der Waals surface area contributed by atoms with Crippen LogP contribution in [-0.4, -0.2) is 57.1 Å². The first-order valence-corrected chi connectivity index (χ1v) is 9.15. The Morgan fingerprint density at radius 3 is 2.36 bits per heavy atom. The molecule has 0 spiro atoms. The molecule has 1 saturated heterocycles. The van der Waals surface area contributed by atoms with E-state index in [1.54, 1.807) is 0 Å². The fourth-order valence-electron chi connectivity index (χ4n) is 2.46. The largest absolute Gasteiger partial charge is 0.467 e. The summed E-state index contributed by atoms with van der Waals surface area (Å²) in [6.07, 6.45) is 2.37. The van der Waals surface area contributed by atoms with Gasteiger partial charge < -0.3 is 10.1 Å². The van der Waals surface area contributed by atoms with Gasteiger partial charge in [0.25, 0.3) is 0 Å². The zero-order valence-corrected chi connectivity index (χ0v) is 14.7. The third-order valence-corrected chi connectivity index (χ3v) is 5.08. The second-order valence-corrected chi connectivity index (χ2v) is 8.77. The number of carbonyl (C=O) groups excluding carboxylic acids is 2. The molecule has 0 aromatic carbocycles. The van der Waals surface area contributed by atoms with Crippen LogP contribution in [-0.2, 0) is 24.3 Å². The molecular weight excluding hydrogens is 308 g/mol. The van der Waals surface area contributed by atoms with Crippen molar-refractivity contribution in [3.05, 3.63) is 0 Å². The van der Waals surface area contributed by atoms with Crippen molar-refractivity contribution in [1.82, 2.24) is 9.62 Å². The van der Waals surface area contributed by atoms with Gasteiger partial charge in [0.1, 0.15) is 6.04 Å². The number of hydrogen-bond acceptors (Lipinski definition) is 5. The normalized spacial score (nSPS) is 22.0. The molecule has 0 radical (unpaired) electrons. The van der Waals surface area contributed by atoms with Crippen molar-refractivity contribution in [2.45, 2.75) is 39.7 Å². The lowest BCUT2D eigenvalue weighted by molar-refractivity contribution is -0.149. The van der Waals surface area contributed by atoms with E-state index in [2.05, 4.69) is 5.32 Å². The molecule has 1 aliphatic rings. The Labute approximate surface area is 132 Å². The van der Waals surface area contributed by atoms with E-state index in [-0.39, 0.29) is 12.5 Å². The van der Waals surface area contributed by atoms with Crippen LogP contribution in [0.1, 0.15) is 33.6 Å². The van der Waals surface area contributed by atoms with Gasteiger partial charge in [-0.15, -0.1) is 0 Å². The molecule has 1 rings (SSSR count). The Morgan fingerprint density at radius 1 is 1.32 bits per heavy atom. The van der Waals surface area contributed by atoms with E-state index in [1.165, 1.54) is 11.4 Å². The Balaban J connectivity index is 2.80. The fourth-order valence-corrected chi connectivity index (χ4v) is 3.38. The van der Waals surface area contributed by atoms with E-state index in [9.17, 15) is 18.0 Å². The lowest BCUT2D eigenvalue weighted by Gasteiger charge is -2.33. The highest BCUT2D eigenvalue weighted by Gasteiger charge is 2.37. The van der Waals surface area contributed by atoms with Crippen molar-refractivity contribution in [3.63, 3.8) is 0 Å². The van der Waals surface area contributed by atoms with Gasteiger partial charge in [-0.1, -0.05) is 20.8 Å². The molecule has 0 aliphatic carbocycles. The zero-order valence-electron chi connectivity index (χ0n) is 13.9. The Hall–Kier alpha value is -1.15. The van der Waals surface area contributed by atoms with E-state index in [1.807, 2.05) is 20.8 Å². The molecule has 1 heterocycles. The maximum Gasteiger partial charge on any atom is 0.328 e. The first-order valence-electron chi connectivity index (χ1n) is 7.30. The molecule has 2 atom stereocenters. The summed E-state index contributed by atoms with van der Waals surface area (Å²) in [5.41, 5.74) is -0.492. The smallest absolute Gasteiger partial charge is 0.328 e. The Bertz CT molecular complexity index is 524. The predicted octanol–water partition coefficient (Wildman–Crippen LogP) is 0.362. The number of ether oxygens (including phenoxy) is 1. The van der Waals surface area contributed by atoms with Gasteiger partial charge in [-0.25, -0.2) is 17.5 Å². The number of esters is 1. The van der Waals surface area contributed by atoms with E-state index < -0.39 is 33.4 Å². The summed E-state index contributed by atoms with van der Waals surface area (Å²) < 4.78 is 29.3. The monoisotopic (exact) mass is 334 g/mol. The van der Waals surface area contributed by atoms with Crippen molar-refractivity contribution >= 4 is 21.9 Å². The number of sulfonamides is 1. The van der Waals surface area contributed by atoms with Crippen molar-refractivity contribution in [2.75, 3.05) is 26.5 Å². The maximum atomic E-state index is 12.4. The average molecular weight is 334 g/mol. The average Bonchev–Trinajstić information content (AvgIpc) is 2.41. The van der Waals surface area contributed by atoms with Gasteiger partial charge >= 0.3 is 5.97 Å². The minimum Gasteiger partial charge on any atom is -0.467 e. The van der Waals surface area contributed by atoms with Gasteiger partial charge in [-0.3, -0.25) is 4.79 Å². The molecule has 0 saturated carbocycles. The Morgan fingerprint density at radius 2 is 1.91 bits per heavy atom. The van der Waals surface area contributed by atoms with Crippen LogP contribution in [0.4, 0.5) is 0 Å². The van der Waals surface area contributed by atoms with Crippen molar-refractivity contribution in [3.8, 4) is 0 Å². The van der Waals surface area contributed by atoms with Crippen LogP contribution >= 0.6 is 0 Å². The quantitative estimate of drug-likeness (QED) is 0.750. The Kier molecular flexibility index (Phi) is 5.97. The van der Waals surface area contributed by atoms with E-state index in [0.717, 1.165) is 6.26 Å². The summed E-state index contributed by atoms with van der Waals surface area (Å²) in [6.45, 7) is 6.08. The van der Waals surface area contributed by atoms with Crippen molar-refractivity contribution in [2.24, 2.45) is 11.3 Å². The van der Waals surface area contributed by atoms with Gasteiger partial charge in [-0.05, 0) is 18.3 Å². The van der Waals surface area contributed by atoms with Crippen LogP contribution in [0.5, 0.6) is 0 Å². The third-order valence-electron chi connectivity index (χ3n) is 3.81. The molecule has 7 nitrogen and oxygen atoms in total. The number of carbonyl (C=O) groups is 2. The minimum absolute atomic E-state index is 0.155. The number of piperidine rings is 1. The number of amides is 1. The number of hydrogen-bond donors (Lipinski definition) is 1. The summed E-state index contributed by atoms with van der Waals surface area (Å²) in [7, 11) is -2.03. The first kappa shape index (κ1) is 18.9. The number of rotatable bonds is 4. The van der Waals surface area contributed by atoms with Gasteiger partial charge in [0.15, 0.2) is 0 Å². The molecule has 1 amide bonds. The minimum atomic E-state index is -3.31. The first-order chi connectivity index (χ1) is 9.96. The molecule has 8 heteroatoms. The fraction of sp³-hybridized carbons (Fsp3) is 0.857. The molecular formula is C14H26N2O5S. The van der Waals surface area contributed by atoms with Gasteiger partial charge in [0, 0.05) is 13.1 Å². The lowest BCUT2D eigenvalue weighted by Crippen LogP contribution is -2.53.